The Balaban J connectivity index is 2.56. The largest absolute Gasteiger partial charge is 0.382 e. The van der Waals surface area contributed by atoms with Crippen molar-refractivity contribution < 1.29 is 0 Å². The molecule has 0 aliphatic carbocycles. The molecule has 1 unspecified atom stereocenters. The summed E-state index contributed by atoms with van der Waals surface area (Å²) in [4.78, 5) is 15.1. The van der Waals surface area contributed by atoms with Gasteiger partial charge in [-0.1, -0.05) is 0 Å². The molecule has 0 amide bonds. The lowest BCUT2D eigenvalue weighted by Crippen LogP contribution is -2.52. The minimum Gasteiger partial charge on any atom is -0.382 e. The van der Waals surface area contributed by atoms with Crippen molar-refractivity contribution in [1.82, 2.24) is 0 Å². The van der Waals surface area contributed by atoms with Crippen LogP contribution in [0.4, 0.5) is 0 Å². The van der Waals surface area contributed by atoms with Crippen LogP contribution >= 0.6 is 0 Å². The summed E-state index contributed by atoms with van der Waals surface area (Å²) in [6.45, 7) is 0. The molecule has 1 atom stereocenters. The molecule has 2 aliphatic rings. The van der Waals surface area contributed by atoms with E-state index in [9.17, 15) is 0 Å². The van der Waals surface area contributed by atoms with Gasteiger partial charge in [-0.2, -0.15) is 9.98 Å². The second-order valence-electron chi connectivity index (χ2n) is 2.42. The maximum atomic E-state index is 5.69. The van der Waals surface area contributed by atoms with Crippen LogP contribution in [-0.2, 0) is 0 Å². The quantitative estimate of drug-likeness (QED) is 0.375. The summed E-state index contributed by atoms with van der Waals surface area (Å²) in [6.07, 6.45) is 1.29. The monoisotopic (exact) mass is 165 g/mol. The highest BCUT2D eigenvalue weighted by Crippen LogP contribution is 2.15. The van der Waals surface area contributed by atoms with Gasteiger partial charge in [-0.05, 0) is 0 Å². The molecular formula is C5H7N7. The number of aliphatic imine (C=N–C) groups is 4. The first kappa shape index (κ1) is 6.92. The molecule has 2 aliphatic heterocycles. The zero-order valence-corrected chi connectivity index (χ0v) is 6.10. The van der Waals surface area contributed by atoms with Crippen molar-refractivity contribution in [2.24, 2.45) is 37.2 Å². The number of amidine groups is 1. The van der Waals surface area contributed by atoms with Crippen LogP contribution in [0.15, 0.2) is 20.0 Å². The normalized spacial score (nSPS) is 32.2. The van der Waals surface area contributed by atoms with Crippen LogP contribution in [0.25, 0.3) is 0 Å². The summed E-state index contributed by atoms with van der Waals surface area (Å²) in [5, 5.41) is 0. The standard InChI is InChI=1S/C5H7N7/c6-3-2-5(8,10-1-9-2)12-4(7)11-3/h1H,8H2,(H4,6,7,11,12). The van der Waals surface area contributed by atoms with Crippen LogP contribution in [0.5, 0.6) is 0 Å². The van der Waals surface area contributed by atoms with Gasteiger partial charge in [0.15, 0.2) is 5.84 Å². The molecule has 0 radical (unpaired) electrons. The number of nitrogens with zero attached hydrogens (tertiary/aromatic N) is 4. The van der Waals surface area contributed by atoms with E-state index in [1.54, 1.807) is 0 Å². The highest BCUT2D eigenvalue weighted by molar-refractivity contribution is 6.48. The molecule has 0 aromatic heterocycles. The maximum Gasteiger partial charge on any atom is 0.254 e. The lowest BCUT2D eigenvalue weighted by Gasteiger charge is -2.20. The van der Waals surface area contributed by atoms with Gasteiger partial charge in [0.1, 0.15) is 12.1 Å². The molecule has 62 valence electrons. The van der Waals surface area contributed by atoms with Gasteiger partial charge in [0, 0.05) is 0 Å². The van der Waals surface area contributed by atoms with Crippen molar-refractivity contribution in [3.05, 3.63) is 0 Å². The summed E-state index contributed by atoms with van der Waals surface area (Å²) in [6, 6.07) is 0. The van der Waals surface area contributed by atoms with Gasteiger partial charge in [0.2, 0.25) is 5.96 Å². The van der Waals surface area contributed by atoms with Crippen molar-refractivity contribution in [2.75, 3.05) is 0 Å². The summed E-state index contributed by atoms with van der Waals surface area (Å²) >= 11 is 0. The lowest BCUT2D eigenvalue weighted by molar-refractivity contribution is 0.644. The molecule has 0 fully saturated rings. The van der Waals surface area contributed by atoms with Crippen LogP contribution in [0.1, 0.15) is 0 Å². The van der Waals surface area contributed by atoms with Crippen LogP contribution in [0.2, 0.25) is 0 Å². The summed E-state index contributed by atoms with van der Waals surface area (Å²) < 4.78 is 0. The maximum absolute atomic E-state index is 5.69. The molecule has 7 nitrogen and oxygen atoms in total. The first-order valence-electron chi connectivity index (χ1n) is 3.22. The Kier molecular flexibility index (Phi) is 1.09. The third-order valence-corrected chi connectivity index (χ3v) is 1.55. The predicted octanol–water partition coefficient (Wildman–Crippen LogP) is -2.23. The topological polar surface area (TPSA) is 127 Å². The average molecular weight is 165 g/mol. The fourth-order valence-electron chi connectivity index (χ4n) is 1.04. The van der Waals surface area contributed by atoms with E-state index in [-0.39, 0.29) is 11.8 Å². The number of hydrogen-bond acceptors (Lipinski definition) is 7. The highest BCUT2D eigenvalue weighted by Gasteiger charge is 2.38. The van der Waals surface area contributed by atoms with Crippen LogP contribution in [0.3, 0.4) is 0 Å². The second-order valence-corrected chi connectivity index (χ2v) is 2.42. The third-order valence-electron chi connectivity index (χ3n) is 1.55. The average Bonchev–Trinajstić information content (AvgIpc) is 2.29. The SMILES string of the molecule is NC1=NC2(N)N=CN=C2C(N)=N1. The minimum atomic E-state index is -1.24. The van der Waals surface area contributed by atoms with E-state index in [0.717, 1.165) is 0 Å². The molecule has 0 saturated heterocycles. The van der Waals surface area contributed by atoms with Gasteiger partial charge in [-0.3, -0.25) is 5.73 Å². The Labute approximate surface area is 67.8 Å². The molecule has 0 bridgehead atoms. The molecule has 0 aromatic rings. The van der Waals surface area contributed by atoms with Gasteiger partial charge in [-0.25, -0.2) is 9.98 Å². The van der Waals surface area contributed by atoms with E-state index in [1.807, 2.05) is 0 Å². The second kappa shape index (κ2) is 1.89. The molecule has 7 heteroatoms. The van der Waals surface area contributed by atoms with Gasteiger partial charge in [0.05, 0.1) is 0 Å². The van der Waals surface area contributed by atoms with E-state index in [1.165, 1.54) is 6.34 Å². The minimum absolute atomic E-state index is 0.0213. The third kappa shape index (κ3) is 0.735. The summed E-state index contributed by atoms with van der Waals surface area (Å²) in [5.74, 6) is -1.05. The van der Waals surface area contributed by atoms with Crippen molar-refractivity contribution in [1.29, 1.82) is 0 Å². The molecule has 0 spiro atoms. The van der Waals surface area contributed by atoms with Gasteiger partial charge in [0.25, 0.3) is 5.79 Å². The number of nitrogens with two attached hydrogens (primary N) is 3. The zero-order valence-electron chi connectivity index (χ0n) is 6.10. The van der Waals surface area contributed by atoms with Crippen LogP contribution in [-0.4, -0.2) is 29.6 Å². The van der Waals surface area contributed by atoms with Gasteiger partial charge in [-0.15, -0.1) is 0 Å². The molecule has 6 N–H and O–H groups in total. The number of rotatable bonds is 0. The summed E-state index contributed by atoms with van der Waals surface area (Å²) in [7, 11) is 0. The van der Waals surface area contributed by atoms with Crippen molar-refractivity contribution in [2.45, 2.75) is 5.79 Å². The smallest absolute Gasteiger partial charge is 0.254 e. The van der Waals surface area contributed by atoms with E-state index < -0.39 is 5.79 Å². The molecule has 12 heavy (non-hydrogen) atoms. The Morgan fingerprint density at radius 1 is 1.33 bits per heavy atom. The molecule has 2 heterocycles. The predicted molar refractivity (Wildman–Crippen MR) is 46.1 cm³/mol. The van der Waals surface area contributed by atoms with E-state index in [4.69, 9.17) is 17.2 Å². The zero-order chi connectivity index (χ0) is 8.77. The number of guanidine groups is 1. The van der Waals surface area contributed by atoms with Gasteiger partial charge >= 0.3 is 0 Å². The van der Waals surface area contributed by atoms with Crippen molar-refractivity contribution in [3.63, 3.8) is 0 Å². The van der Waals surface area contributed by atoms with Crippen LogP contribution < -0.4 is 17.2 Å². The van der Waals surface area contributed by atoms with Gasteiger partial charge < -0.3 is 11.5 Å². The Morgan fingerprint density at radius 2 is 2.08 bits per heavy atom. The molecular weight excluding hydrogens is 158 g/mol. The Bertz CT molecular complexity index is 349. The molecule has 0 aromatic carbocycles. The highest BCUT2D eigenvalue weighted by atomic mass is 15.3. The summed E-state index contributed by atoms with van der Waals surface area (Å²) in [5.41, 5.74) is 16.9. The lowest BCUT2D eigenvalue weighted by atomic mass is 10.2. The Hall–Kier alpha value is -1.76. The van der Waals surface area contributed by atoms with E-state index in [2.05, 4.69) is 20.0 Å². The van der Waals surface area contributed by atoms with E-state index >= 15 is 0 Å². The van der Waals surface area contributed by atoms with Crippen LogP contribution in [0, 0.1) is 0 Å². The number of fused-ring (bicyclic) bond motifs is 1. The van der Waals surface area contributed by atoms with Crippen molar-refractivity contribution in [3.8, 4) is 0 Å². The number of hydrogen-bond donors (Lipinski definition) is 3. The van der Waals surface area contributed by atoms with E-state index in [0.29, 0.717) is 5.71 Å². The fourth-order valence-corrected chi connectivity index (χ4v) is 1.04. The first-order valence-corrected chi connectivity index (χ1v) is 3.22. The first-order chi connectivity index (χ1) is 5.62. The van der Waals surface area contributed by atoms with Crippen molar-refractivity contribution >= 4 is 23.8 Å². The molecule has 0 saturated carbocycles. The fraction of sp³-hybridized carbons (Fsp3) is 0.200. The Morgan fingerprint density at radius 3 is 2.83 bits per heavy atom. The molecule has 2 rings (SSSR count).